The van der Waals surface area contributed by atoms with Crippen molar-refractivity contribution >= 4 is 44.3 Å². The third kappa shape index (κ3) is 3.95. The Morgan fingerprint density at radius 3 is 2.37 bits per heavy atom. The van der Waals surface area contributed by atoms with Crippen molar-refractivity contribution in [3.63, 3.8) is 0 Å². The third-order valence-corrected chi connectivity index (χ3v) is 6.76. The second-order valence-corrected chi connectivity index (χ2v) is 9.51. The van der Waals surface area contributed by atoms with E-state index >= 15 is 0 Å². The zero-order chi connectivity index (χ0) is 22.2. The number of aryl methyl sites for hydroxylation is 2. The van der Waals surface area contributed by atoms with Crippen LogP contribution in [0.2, 0.25) is 5.02 Å². The summed E-state index contributed by atoms with van der Waals surface area (Å²) in [4.78, 5) is 24.6. The fourth-order valence-electron chi connectivity index (χ4n) is 3.23. The molecule has 3 rings (SSSR count). The molecule has 0 unspecified atom stereocenters. The van der Waals surface area contributed by atoms with Gasteiger partial charge in [-0.15, -0.1) is 0 Å². The van der Waals surface area contributed by atoms with E-state index in [9.17, 15) is 18.0 Å². The monoisotopic (exact) mass is 450 g/mol. The van der Waals surface area contributed by atoms with Gasteiger partial charge in [0.25, 0.3) is 10.0 Å². The minimum Gasteiger partial charge on any atom is -0.352 e. The Hall–Kier alpha value is -2.78. The van der Waals surface area contributed by atoms with E-state index in [0.717, 1.165) is 4.31 Å². The van der Waals surface area contributed by atoms with Gasteiger partial charge in [0.15, 0.2) is 0 Å². The summed E-state index contributed by atoms with van der Waals surface area (Å²) in [7, 11) is -0.967. The van der Waals surface area contributed by atoms with Crippen LogP contribution >= 0.6 is 11.6 Å². The van der Waals surface area contributed by atoms with Crippen molar-refractivity contribution in [1.29, 1.82) is 0 Å². The van der Waals surface area contributed by atoms with Gasteiger partial charge in [0.2, 0.25) is 5.91 Å². The molecule has 0 aliphatic carbocycles. The quantitative estimate of drug-likeness (QED) is 0.623. The van der Waals surface area contributed by atoms with Crippen LogP contribution < -0.4 is 15.3 Å². The van der Waals surface area contributed by atoms with Gasteiger partial charge in [-0.25, -0.2) is 13.2 Å². The van der Waals surface area contributed by atoms with Gasteiger partial charge in [-0.05, 0) is 44.2 Å². The van der Waals surface area contributed by atoms with E-state index in [1.807, 2.05) is 0 Å². The first-order valence-corrected chi connectivity index (χ1v) is 11.1. The van der Waals surface area contributed by atoms with Crippen molar-refractivity contribution in [2.75, 3.05) is 10.8 Å². The molecule has 1 amide bonds. The van der Waals surface area contributed by atoms with Crippen LogP contribution in [0.25, 0.3) is 11.0 Å². The number of imidazole rings is 1. The number of fused-ring (bicyclic) bond motifs is 1. The summed E-state index contributed by atoms with van der Waals surface area (Å²) in [5.41, 5.74) is 0.997. The van der Waals surface area contributed by atoms with E-state index in [0.29, 0.717) is 11.0 Å². The number of halogens is 1. The molecular formula is C20H23ClN4O4S. The lowest BCUT2D eigenvalue weighted by Crippen LogP contribution is -2.43. The Bertz CT molecular complexity index is 1280. The van der Waals surface area contributed by atoms with E-state index < -0.39 is 22.5 Å². The van der Waals surface area contributed by atoms with Crippen molar-refractivity contribution in [3.8, 4) is 0 Å². The number of para-hydroxylation sites is 1. The Labute approximate surface area is 179 Å². The third-order valence-electron chi connectivity index (χ3n) is 4.69. The van der Waals surface area contributed by atoms with Gasteiger partial charge in [-0.1, -0.05) is 23.7 Å². The first kappa shape index (κ1) is 21.9. The average molecular weight is 451 g/mol. The number of carbonyl (C=O) groups is 1. The zero-order valence-electron chi connectivity index (χ0n) is 17.1. The zero-order valence-corrected chi connectivity index (χ0v) is 18.7. The molecule has 0 bridgehead atoms. The molecule has 1 N–H and O–H groups in total. The smallest absolute Gasteiger partial charge is 0.328 e. The average Bonchev–Trinajstić information content (AvgIpc) is 2.90. The minimum atomic E-state index is -4.16. The van der Waals surface area contributed by atoms with E-state index in [2.05, 4.69) is 5.32 Å². The molecule has 0 spiro atoms. The number of amides is 1. The summed E-state index contributed by atoms with van der Waals surface area (Å²) in [5, 5.41) is 2.90. The maximum absolute atomic E-state index is 13.5. The van der Waals surface area contributed by atoms with Gasteiger partial charge in [0.05, 0.1) is 26.6 Å². The number of hydrogen-bond acceptors (Lipinski definition) is 4. The van der Waals surface area contributed by atoms with E-state index in [1.54, 1.807) is 58.3 Å². The Kier molecular flexibility index (Phi) is 5.96. The molecule has 0 aliphatic rings. The van der Waals surface area contributed by atoms with Gasteiger partial charge < -0.3 is 5.32 Å². The molecular weight excluding hydrogens is 428 g/mol. The van der Waals surface area contributed by atoms with Crippen LogP contribution in [-0.4, -0.2) is 36.0 Å². The number of rotatable bonds is 6. The molecule has 1 heterocycles. The number of sulfonamides is 1. The summed E-state index contributed by atoms with van der Waals surface area (Å²) < 4.78 is 30.9. The number of carbonyl (C=O) groups excluding carboxylic acids is 1. The van der Waals surface area contributed by atoms with Gasteiger partial charge in [-0.2, -0.15) is 0 Å². The van der Waals surface area contributed by atoms with Crippen molar-refractivity contribution < 1.29 is 13.2 Å². The fourth-order valence-corrected chi connectivity index (χ4v) is 4.97. The normalized spacial score (nSPS) is 11.8. The number of benzene rings is 2. The Morgan fingerprint density at radius 1 is 1.10 bits per heavy atom. The van der Waals surface area contributed by atoms with Crippen LogP contribution in [-0.2, 0) is 28.9 Å². The summed E-state index contributed by atoms with van der Waals surface area (Å²) in [5.74, 6) is -0.457. The number of aromatic nitrogens is 2. The largest absolute Gasteiger partial charge is 0.352 e. The Balaban J connectivity index is 2.15. The van der Waals surface area contributed by atoms with Crippen LogP contribution in [0.15, 0.2) is 52.2 Å². The van der Waals surface area contributed by atoms with Gasteiger partial charge in [0.1, 0.15) is 6.54 Å². The van der Waals surface area contributed by atoms with E-state index in [-0.39, 0.29) is 27.3 Å². The van der Waals surface area contributed by atoms with Gasteiger partial charge in [-0.3, -0.25) is 18.2 Å². The highest BCUT2D eigenvalue weighted by Gasteiger charge is 2.29. The van der Waals surface area contributed by atoms with Crippen LogP contribution in [0.4, 0.5) is 5.69 Å². The SMILES string of the molecule is CC(C)NC(=O)CN(c1ccccc1Cl)S(=O)(=O)c1ccc2c(c1)n(C)c(=O)n2C. The molecule has 30 heavy (non-hydrogen) atoms. The summed E-state index contributed by atoms with van der Waals surface area (Å²) >= 11 is 6.26. The molecule has 0 radical (unpaired) electrons. The number of nitrogens with zero attached hydrogens (tertiary/aromatic N) is 3. The lowest BCUT2D eigenvalue weighted by molar-refractivity contribution is -0.120. The van der Waals surface area contributed by atoms with Crippen molar-refractivity contribution in [2.24, 2.45) is 14.1 Å². The first-order valence-electron chi connectivity index (χ1n) is 9.26. The molecule has 3 aromatic rings. The fraction of sp³-hybridized carbons (Fsp3) is 0.300. The topological polar surface area (TPSA) is 93.4 Å². The van der Waals surface area contributed by atoms with Crippen molar-refractivity contribution in [3.05, 3.63) is 58.0 Å². The number of anilines is 1. The lowest BCUT2D eigenvalue weighted by atomic mass is 10.3. The molecule has 0 fully saturated rings. The van der Waals surface area contributed by atoms with Gasteiger partial charge in [0, 0.05) is 20.1 Å². The van der Waals surface area contributed by atoms with Crippen LogP contribution in [0.3, 0.4) is 0 Å². The maximum atomic E-state index is 13.5. The molecule has 160 valence electrons. The molecule has 0 aliphatic heterocycles. The maximum Gasteiger partial charge on any atom is 0.328 e. The van der Waals surface area contributed by atoms with Crippen LogP contribution in [0, 0.1) is 0 Å². The predicted octanol–water partition coefficient (Wildman–Crippen LogP) is 2.25. The van der Waals surface area contributed by atoms with Crippen molar-refractivity contribution in [1.82, 2.24) is 14.5 Å². The van der Waals surface area contributed by atoms with E-state index in [4.69, 9.17) is 11.6 Å². The van der Waals surface area contributed by atoms with Gasteiger partial charge >= 0.3 is 5.69 Å². The highest BCUT2D eigenvalue weighted by Crippen LogP contribution is 2.31. The highest BCUT2D eigenvalue weighted by atomic mass is 35.5. The standard InChI is InChI=1S/C20H23ClN4O4S/c1-13(2)22-19(26)12-25(16-8-6-5-7-15(16)21)30(28,29)14-9-10-17-18(11-14)24(4)20(27)23(17)3/h5-11,13H,12H2,1-4H3,(H,22,26). The van der Waals surface area contributed by atoms with Crippen LogP contribution in [0.1, 0.15) is 13.8 Å². The summed E-state index contributed by atoms with van der Waals surface area (Å²) in [6.07, 6.45) is 0. The molecule has 10 heteroatoms. The molecule has 0 atom stereocenters. The summed E-state index contributed by atoms with van der Waals surface area (Å²) in [6, 6.07) is 10.7. The second-order valence-electron chi connectivity index (χ2n) is 7.24. The second kappa shape index (κ2) is 8.16. The molecule has 8 nitrogen and oxygen atoms in total. The van der Waals surface area contributed by atoms with Crippen LogP contribution in [0.5, 0.6) is 0 Å². The molecule has 0 saturated carbocycles. The van der Waals surface area contributed by atoms with E-state index in [1.165, 1.54) is 21.3 Å². The highest BCUT2D eigenvalue weighted by molar-refractivity contribution is 7.92. The summed E-state index contributed by atoms with van der Waals surface area (Å²) in [6.45, 7) is 3.14. The molecule has 2 aromatic carbocycles. The number of nitrogens with one attached hydrogen (secondary N) is 1. The lowest BCUT2D eigenvalue weighted by Gasteiger charge is -2.25. The molecule has 1 aromatic heterocycles. The minimum absolute atomic E-state index is 0.0477. The number of hydrogen-bond donors (Lipinski definition) is 1. The predicted molar refractivity (Wildman–Crippen MR) is 117 cm³/mol. The Morgan fingerprint density at radius 2 is 1.73 bits per heavy atom. The molecule has 0 saturated heterocycles. The first-order chi connectivity index (χ1) is 14.0. The van der Waals surface area contributed by atoms with Crippen molar-refractivity contribution in [2.45, 2.75) is 24.8 Å².